The standard InChI is InChI=1S/C23H13Cl5F3N3O2/c24-9-2-5-13(18(26)15(9)21(35)34-14-6-4-12(30)20(32)19(14)31)33-22(36)17-16(23(17,27)28)8-1-3-11(29)10(25)7-8/h1-7,16-17H,32H2,(H,33,36)(H,34,35)/t16-,17+/m0/s1. The molecule has 5 nitrogen and oxygen atoms in total. The van der Waals surface area contributed by atoms with Gasteiger partial charge in [-0.15, -0.1) is 23.2 Å². The van der Waals surface area contributed by atoms with Crippen LogP contribution in [0.1, 0.15) is 21.8 Å². The van der Waals surface area contributed by atoms with Crippen molar-refractivity contribution in [1.29, 1.82) is 0 Å². The molecule has 0 spiro atoms. The molecule has 3 aromatic rings. The second kappa shape index (κ2) is 9.84. The Balaban J connectivity index is 1.57. The maximum absolute atomic E-state index is 14.2. The summed E-state index contributed by atoms with van der Waals surface area (Å²) in [5.41, 5.74) is 4.27. The van der Waals surface area contributed by atoms with Crippen molar-refractivity contribution in [3.05, 3.63) is 86.1 Å². The first-order chi connectivity index (χ1) is 16.8. The average Bonchev–Trinajstić information content (AvgIpc) is 3.40. The fraction of sp³-hybridized carbons (Fsp3) is 0.130. The van der Waals surface area contributed by atoms with E-state index in [0.717, 1.165) is 18.2 Å². The predicted molar refractivity (Wildman–Crippen MR) is 136 cm³/mol. The number of amides is 2. The van der Waals surface area contributed by atoms with Gasteiger partial charge >= 0.3 is 0 Å². The van der Waals surface area contributed by atoms with E-state index in [9.17, 15) is 22.8 Å². The Morgan fingerprint density at radius 2 is 1.50 bits per heavy atom. The molecule has 1 saturated carbocycles. The highest BCUT2D eigenvalue weighted by Gasteiger charge is 2.67. The van der Waals surface area contributed by atoms with Gasteiger partial charge in [-0.1, -0.05) is 40.9 Å². The molecule has 0 bridgehead atoms. The molecule has 13 heteroatoms. The molecule has 2 amide bonds. The zero-order valence-corrected chi connectivity index (χ0v) is 21.4. The normalized spacial score (nSPS) is 18.0. The third-order valence-corrected chi connectivity index (χ3v) is 7.53. The quantitative estimate of drug-likeness (QED) is 0.211. The first-order valence-electron chi connectivity index (χ1n) is 10.0. The highest BCUT2D eigenvalue weighted by molar-refractivity contribution is 6.53. The lowest BCUT2D eigenvalue weighted by Crippen LogP contribution is -2.19. The Morgan fingerprint density at radius 1 is 0.861 bits per heavy atom. The molecule has 0 radical (unpaired) electrons. The maximum atomic E-state index is 14.2. The highest BCUT2D eigenvalue weighted by atomic mass is 35.5. The van der Waals surface area contributed by atoms with E-state index in [2.05, 4.69) is 10.6 Å². The van der Waals surface area contributed by atoms with Crippen LogP contribution >= 0.6 is 58.0 Å². The Kier molecular flexibility index (Phi) is 7.29. The molecule has 0 heterocycles. The number of rotatable bonds is 5. The number of nitrogens with two attached hydrogens (primary N) is 1. The van der Waals surface area contributed by atoms with Gasteiger partial charge in [-0.25, -0.2) is 13.2 Å². The Hall–Kier alpha value is -2.36. The van der Waals surface area contributed by atoms with Crippen molar-refractivity contribution in [2.24, 2.45) is 5.92 Å². The number of alkyl halides is 2. The summed E-state index contributed by atoms with van der Waals surface area (Å²) in [4.78, 5) is 25.8. The van der Waals surface area contributed by atoms with E-state index in [1.807, 2.05) is 0 Å². The second-order valence-electron chi connectivity index (χ2n) is 7.85. The molecule has 4 rings (SSSR count). The topological polar surface area (TPSA) is 84.2 Å². The number of carbonyl (C=O) groups is 2. The largest absolute Gasteiger partial charge is 0.394 e. The van der Waals surface area contributed by atoms with Gasteiger partial charge in [0, 0.05) is 5.92 Å². The number of benzene rings is 3. The molecule has 1 aliphatic rings. The lowest BCUT2D eigenvalue weighted by atomic mass is 10.1. The SMILES string of the molecule is Nc1c(F)ccc(NC(=O)c2c(Cl)ccc(NC(=O)[C@H]3[C@H](c4ccc(F)c(Cl)c4)C3(Cl)Cl)c2Cl)c1F. The molecule has 0 unspecified atom stereocenters. The summed E-state index contributed by atoms with van der Waals surface area (Å²) in [6.07, 6.45) is 0. The van der Waals surface area contributed by atoms with Gasteiger partial charge in [0.05, 0.1) is 37.9 Å². The van der Waals surface area contributed by atoms with Gasteiger partial charge in [0.1, 0.15) is 21.7 Å². The van der Waals surface area contributed by atoms with E-state index in [0.29, 0.717) is 5.56 Å². The number of hydrogen-bond donors (Lipinski definition) is 3. The summed E-state index contributed by atoms with van der Waals surface area (Å²) in [6, 6.07) is 8.34. The van der Waals surface area contributed by atoms with Crippen molar-refractivity contribution in [3.63, 3.8) is 0 Å². The van der Waals surface area contributed by atoms with Gasteiger partial charge in [0.15, 0.2) is 5.82 Å². The van der Waals surface area contributed by atoms with Gasteiger partial charge < -0.3 is 16.4 Å². The molecule has 188 valence electrons. The van der Waals surface area contributed by atoms with Crippen LogP contribution < -0.4 is 16.4 Å². The molecular weight excluding hydrogens is 585 g/mol. The fourth-order valence-corrected chi connectivity index (χ4v) is 5.30. The van der Waals surface area contributed by atoms with Crippen LogP contribution in [0.4, 0.5) is 30.2 Å². The third kappa shape index (κ3) is 4.80. The lowest BCUT2D eigenvalue weighted by Gasteiger charge is -2.14. The van der Waals surface area contributed by atoms with E-state index in [4.69, 9.17) is 63.7 Å². The molecule has 36 heavy (non-hydrogen) atoms. The lowest BCUT2D eigenvalue weighted by molar-refractivity contribution is -0.117. The molecular formula is C23H13Cl5F3N3O2. The molecule has 0 saturated heterocycles. The van der Waals surface area contributed by atoms with Crippen molar-refractivity contribution in [1.82, 2.24) is 0 Å². The number of nitrogen functional groups attached to an aromatic ring is 1. The average molecular weight is 598 g/mol. The van der Waals surface area contributed by atoms with Crippen molar-refractivity contribution < 1.29 is 22.8 Å². The minimum absolute atomic E-state index is 0.0118. The van der Waals surface area contributed by atoms with Gasteiger partial charge in [0.25, 0.3) is 5.91 Å². The van der Waals surface area contributed by atoms with Crippen molar-refractivity contribution >= 4 is 86.9 Å². The van der Waals surface area contributed by atoms with Crippen LogP contribution in [0.15, 0.2) is 42.5 Å². The predicted octanol–water partition coefficient (Wildman–Crippen LogP) is 7.42. The first kappa shape index (κ1) is 26.7. The smallest absolute Gasteiger partial charge is 0.258 e. The van der Waals surface area contributed by atoms with Gasteiger partial charge in [-0.3, -0.25) is 9.59 Å². The zero-order chi connectivity index (χ0) is 26.5. The summed E-state index contributed by atoms with van der Waals surface area (Å²) in [6.45, 7) is 0. The molecule has 0 aromatic heterocycles. The zero-order valence-electron chi connectivity index (χ0n) is 17.6. The Labute approximate surface area is 227 Å². The maximum Gasteiger partial charge on any atom is 0.258 e. The number of carbonyl (C=O) groups excluding carboxylic acids is 2. The number of anilines is 3. The summed E-state index contributed by atoms with van der Waals surface area (Å²) in [7, 11) is 0. The molecule has 1 fully saturated rings. The van der Waals surface area contributed by atoms with Crippen LogP contribution in [0.25, 0.3) is 0 Å². The summed E-state index contributed by atoms with van der Waals surface area (Å²) in [5.74, 6) is -6.05. The van der Waals surface area contributed by atoms with Crippen molar-refractivity contribution in [2.45, 2.75) is 10.3 Å². The molecule has 1 aliphatic carbocycles. The summed E-state index contributed by atoms with van der Waals surface area (Å²) >= 11 is 30.9. The van der Waals surface area contributed by atoms with E-state index in [1.54, 1.807) is 0 Å². The van der Waals surface area contributed by atoms with Gasteiger partial charge in [0.2, 0.25) is 5.91 Å². The Bertz CT molecular complexity index is 1420. The molecule has 2 atom stereocenters. The number of nitrogens with one attached hydrogen (secondary N) is 2. The van der Waals surface area contributed by atoms with Crippen LogP contribution in [0.5, 0.6) is 0 Å². The highest BCUT2D eigenvalue weighted by Crippen LogP contribution is 2.65. The van der Waals surface area contributed by atoms with Crippen LogP contribution in [-0.2, 0) is 4.79 Å². The summed E-state index contributed by atoms with van der Waals surface area (Å²) < 4.78 is 39.7. The number of halogens is 8. The minimum atomic E-state index is -1.51. The summed E-state index contributed by atoms with van der Waals surface area (Å²) in [5, 5.41) is 4.23. The van der Waals surface area contributed by atoms with Crippen molar-refractivity contribution in [3.8, 4) is 0 Å². The monoisotopic (exact) mass is 595 g/mol. The molecule has 4 N–H and O–H groups in total. The molecule has 3 aromatic carbocycles. The van der Waals surface area contributed by atoms with Crippen LogP contribution in [0.3, 0.4) is 0 Å². The second-order valence-corrected chi connectivity index (χ2v) is 10.5. The van der Waals surface area contributed by atoms with Crippen LogP contribution in [0, 0.1) is 23.4 Å². The minimum Gasteiger partial charge on any atom is -0.394 e. The number of hydrogen-bond acceptors (Lipinski definition) is 3. The first-order valence-corrected chi connectivity index (χ1v) is 11.9. The van der Waals surface area contributed by atoms with E-state index in [-0.39, 0.29) is 26.3 Å². The Morgan fingerprint density at radius 3 is 2.17 bits per heavy atom. The van der Waals surface area contributed by atoms with Crippen molar-refractivity contribution in [2.75, 3.05) is 16.4 Å². The molecule has 0 aliphatic heterocycles. The fourth-order valence-electron chi connectivity index (χ4n) is 3.69. The van der Waals surface area contributed by atoms with E-state index >= 15 is 0 Å². The van der Waals surface area contributed by atoms with E-state index in [1.165, 1.54) is 24.3 Å². The van der Waals surface area contributed by atoms with Gasteiger partial charge in [-0.2, -0.15) is 0 Å². The van der Waals surface area contributed by atoms with Crippen LogP contribution in [-0.4, -0.2) is 16.1 Å². The van der Waals surface area contributed by atoms with Crippen LogP contribution in [0.2, 0.25) is 15.1 Å². The van der Waals surface area contributed by atoms with E-state index < -0.39 is 56.8 Å². The third-order valence-electron chi connectivity index (χ3n) is 5.59. The van der Waals surface area contributed by atoms with Gasteiger partial charge in [-0.05, 0) is 42.0 Å².